The van der Waals surface area contributed by atoms with Gasteiger partial charge in [-0.3, -0.25) is 0 Å². The summed E-state index contributed by atoms with van der Waals surface area (Å²) in [4.78, 5) is 14.8. The second kappa shape index (κ2) is 13.2. The first-order valence-corrected chi connectivity index (χ1v) is 19.6. The Morgan fingerprint density at radius 3 is 2.15 bits per heavy atom. The van der Waals surface area contributed by atoms with Gasteiger partial charge < -0.3 is 4.74 Å². The van der Waals surface area contributed by atoms with E-state index in [4.69, 9.17) is 19.7 Å². The van der Waals surface area contributed by atoms with Crippen LogP contribution in [0.3, 0.4) is 0 Å². The summed E-state index contributed by atoms with van der Waals surface area (Å²) in [7, 11) is 0. The summed E-state index contributed by atoms with van der Waals surface area (Å²) in [6.45, 7) is 0. The largest absolute Gasteiger partial charge is 0.485 e. The summed E-state index contributed by atoms with van der Waals surface area (Å²) in [5, 5.41) is 0. The lowest BCUT2D eigenvalue weighted by molar-refractivity contribution is 0.268. The zero-order valence-electron chi connectivity index (χ0n) is 30.4. The van der Waals surface area contributed by atoms with E-state index in [1.54, 1.807) is 0 Å². The Balaban J connectivity index is 0.911. The number of fused-ring (bicyclic) bond motifs is 8. The molecule has 11 rings (SSSR count). The van der Waals surface area contributed by atoms with Crippen molar-refractivity contribution in [2.45, 2.75) is 37.2 Å². The van der Waals surface area contributed by atoms with E-state index in [2.05, 4.69) is 109 Å². The molecular weight excluding hydrogens is 671 g/mol. The van der Waals surface area contributed by atoms with Crippen LogP contribution in [0.1, 0.15) is 47.8 Å². The van der Waals surface area contributed by atoms with Gasteiger partial charge in [-0.25, -0.2) is 15.0 Å². The molecule has 5 unspecified atom stereocenters. The van der Waals surface area contributed by atoms with Crippen molar-refractivity contribution in [3.63, 3.8) is 0 Å². The monoisotopic (exact) mass is 709 g/mol. The number of nitrogens with zero attached hydrogens (tertiary/aromatic N) is 3. The van der Waals surface area contributed by atoms with Crippen LogP contribution in [-0.4, -0.2) is 21.1 Å². The smallest absolute Gasteiger partial charge is 0.164 e. The molecule has 0 spiro atoms. The summed E-state index contributed by atoms with van der Waals surface area (Å²) in [6.07, 6.45) is 29.4. The second-order valence-electron chi connectivity index (χ2n) is 15.3. The Bertz CT molecular complexity index is 2560. The highest BCUT2D eigenvalue weighted by molar-refractivity contribution is 5.79. The van der Waals surface area contributed by atoms with Crippen molar-refractivity contribution in [1.82, 2.24) is 15.0 Å². The highest BCUT2D eigenvalue weighted by Crippen LogP contribution is 2.51. The molecule has 5 aromatic rings. The third kappa shape index (κ3) is 5.55. The molecule has 0 radical (unpaired) electrons. The zero-order valence-corrected chi connectivity index (χ0v) is 30.4. The van der Waals surface area contributed by atoms with Crippen LogP contribution in [-0.2, 0) is 0 Å². The number of aromatic nitrogens is 3. The Morgan fingerprint density at radius 2 is 1.35 bits per heavy atom. The molecule has 4 aromatic carbocycles. The number of rotatable bonds is 5. The number of hydrogen-bond donors (Lipinski definition) is 0. The van der Waals surface area contributed by atoms with E-state index < -0.39 is 0 Å². The minimum atomic E-state index is -0.0426. The minimum Gasteiger partial charge on any atom is -0.485 e. The fourth-order valence-electron chi connectivity index (χ4n) is 9.47. The molecule has 5 aliphatic carbocycles. The number of ether oxygens (including phenoxy) is 1. The molecular formula is C51H39N3O. The Labute approximate surface area is 322 Å². The van der Waals surface area contributed by atoms with Gasteiger partial charge in [-0.2, -0.15) is 0 Å². The number of benzene rings is 4. The molecule has 0 saturated carbocycles. The minimum absolute atomic E-state index is 0.0426. The van der Waals surface area contributed by atoms with E-state index in [1.807, 2.05) is 60.7 Å². The van der Waals surface area contributed by atoms with Gasteiger partial charge in [0.2, 0.25) is 0 Å². The Kier molecular flexibility index (Phi) is 7.68. The van der Waals surface area contributed by atoms with E-state index >= 15 is 0 Å². The maximum Gasteiger partial charge on any atom is 0.164 e. The average Bonchev–Trinajstić information content (AvgIpc) is 3.64. The third-order valence-corrected chi connectivity index (χ3v) is 12.1. The number of allylic oxidation sites excluding steroid dienone is 14. The Morgan fingerprint density at radius 1 is 0.600 bits per heavy atom. The van der Waals surface area contributed by atoms with Crippen molar-refractivity contribution in [3.8, 4) is 39.9 Å². The van der Waals surface area contributed by atoms with Gasteiger partial charge in [0.25, 0.3) is 0 Å². The standard InChI is InChI=1S/C51H39N3O/c1-3-13-32(14-4-1)49-52-50(33-15-5-2-6-16-33)54-51(53-49)36-24-27-44-46-30-35(25-28-47(46)55-48(44)31-36)38-18-8-7-17-37(38)34-23-26-43-41-21-10-9-19-39(41)40-20-11-12-22-42(40)45(43)29-34/h1-10,12-17,19,21-31,38,43,45-47H,11,18,20H2. The Hall–Kier alpha value is -6.39. The maximum atomic E-state index is 6.65. The highest BCUT2D eigenvalue weighted by Gasteiger charge is 2.38. The SMILES string of the molecule is C1=CCC(C2=CC3c4ccc(-c5nc(-c6ccccc6)nc(-c6ccccc6)n5)cc4OC3C=C2)C(C2=CC3C4=C(CCC=C4)c4ccccc4C3C=C2)=C1. The lowest BCUT2D eigenvalue weighted by Gasteiger charge is -2.38. The van der Waals surface area contributed by atoms with Gasteiger partial charge in [-0.1, -0.05) is 158 Å². The van der Waals surface area contributed by atoms with Crippen molar-refractivity contribution in [3.05, 3.63) is 209 Å². The molecule has 0 fully saturated rings. The van der Waals surface area contributed by atoms with Gasteiger partial charge in [-0.05, 0) is 70.4 Å². The first-order chi connectivity index (χ1) is 27.2. The van der Waals surface area contributed by atoms with Crippen molar-refractivity contribution >= 4 is 5.57 Å². The molecule has 6 aliphatic rings. The molecule has 55 heavy (non-hydrogen) atoms. The van der Waals surface area contributed by atoms with E-state index in [0.29, 0.717) is 29.3 Å². The van der Waals surface area contributed by atoms with Gasteiger partial charge in [0.1, 0.15) is 11.9 Å². The third-order valence-electron chi connectivity index (χ3n) is 12.1. The van der Waals surface area contributed by atoms with Gasteiger partial charge in [-0.15, -0.1) is 0 Å². The van der Waals surface area contributed by atoms with Crippen LogP contribution in [0, 0.1) is 11.8 Å². The number of hydrogen-bond acceptors (Lipinski definition) is 4. The summed E-state index contributed by atoms with van der Waals surface area (Å²) in [5.74, 6) is 3.98. The van der Waals surface area contributed by atoms with Gasteiger partial charge in [0, 0.05) is 45.9 Å². The summed E-state index contributed by atoms with van der Waals surface area (Å²) >= 11 is 0. The first-order valence-electron chi connectivity index (χ1n) is 19.6. The van der Waals surface area contributed by atoms with E-state index in [9.17, 15) is 0 Å². The van der Waals surface area contributed by atoms with Crippen LogP contribution in [0.25, 0.3) is 39.7 Å². The topological polar surface area (TPSA) is 47.9 Å². The second-order valence-corrected chi connectivity index (χ2v) is 15.3. The molecule has 2 heterocycles. The zero-order chi connectivity index (χ0) is 36.3. The molecule has 4 heteroatoms. The van der Waals surface area contributed by atoms with Crippen LogP contribution in [0.4, 0.5) is 0 Å². The lowest BCUT2D eigenvalue weighted by Crippen LogP contribution is -2.24. The normalized spacial score (nSPS) is 24.1. The molecule has 0 bridgehead atoms. The van der Waals surface area contributed by atoms with Gasteiger partial charge in [0.15, 0.2) is 17.5 Å². The molecule has 1 aliphatic heterocycles. The molecule has 0 N–H and O–H groups in total. The molecule has 0 saturated heterocycles. The van der Waals surface area contributed by atoms with Crippen LogP contribution in [0.15, 0.2) is 192 Å². The molecule has 264 valence electrons. The average molecular weight is 710 g/mol. The van der Waals surface area contributed by atoms with Crippen molar-refractivity contribution in [2.75, 3.05) is 0 Å². The van der Waals surface area contributed by atoms with Crippen molar-refractivity contribution in [1.29, 1.82) is 0 Å². The maximum absolute atomic E-state index is 6.65. The lowest BCUT2D eigenvalue weighted by atomic mass is 9.66. The predicted octanol–water partition coefficient (Wildman–Crippen LogP) is 11.7. The summed E-state index contributed by atoms with van der Waals surface area (Å²) in [5.41, 5.74) is 14.1. The van der Waals surface area contributed by atoms with Crippen LogP contribution >= 0.6 is 0 Å². The highest BCUT2D eigenvalue weighted by atomic mass is 16.5. The van der Waals surface area contributed by atoms with E-state index in [-0.39, 0.29) is 17.9 Å². The molecule has 1 aromatic heterocycles. The van der Waals surface area contributed by atoms with Gasteiger partial charge in [0.05, 0.1) is 0 Å². The van der Waals surface area contributed by atoms with E-state index in [1.165, 1.54) is 44.6 Å². The summed E-state index contributed by atoms with van der Waals surface area (Å²) < 4.78 is 6.65. The molecule has 4 nitrogen and oxygen atoms in total. The van der Waals surface area contributed by atoms with Crippen LogP contribution in [0.2, 0.25) is 0 Å². The predicted molar refractivity (Wildman–Crippen MR) is 221 cm³/mol. The fraction of sp³-hybridized carbons (Fsp3) is 0.157. The molecule has 5 atom stereocenters. The van der Waals surface area contributed by atoms with Crippen LogP contribution in [0.5, 0.6) is 5.75 Å². The van der Waals surface area contributed by atoms with Crippen LogP contribution < -0.4 is 4.74 Å². The van der Waals surface area contributed by atoms with Crippen molar-refractivity contribution < 1.29 is 4.74 Å². The van der Waals surface area contributed by atoms with E-state index in [0.717, 1.165) is 41.7 Å². The molecule has 0 amide bonds. The van der Waals surface area contributed by atoms with Crippen molar-refractivity contribution in [2.24, 2.45) is 11.8 Å². The first kappa shape index (κ1) is 32.1. The van der Waals surface area contributed by atoms with Gasteiger partial charge >= 0.3 is 0 Å². The summed E-state index contributed by atoms with van der Waals surface area (Å²) in [6, 6.07) is 35.8. The fourth-order valence-corrected chi connectivity index (χ4v) is 9.47. The quantitative estimate of drug-likeness (QED) is 0.182.